The van der Waals surface area contributed by atoms with Gasteiger partial charge in [-0.25, -0.2) is 0 Å². The quantitative estimate of drug-likeness (QED) is 0.368. The molecule has 0 aromatic carbocycles. The number of carbonyl (C=O) groups is 1. The topological polar surface area (TPSA) is 37.3 Å². The van der Waals surface area contributed by atoms with Crippen LogP contribution in [0, 0.1) is 0 Å². The molecule has 0 unspecified atom stereocenters. The molecule has 4 heteroatoms. The van der Waals surface area contributed by atoms with E-state index >= 15 is 0 Å². The summed E-state index contributed by atoms with van der Waals surface area (Å²) < 4.78 is 0. The van der Waals surface area contributed by atoms with Crippen molar-refractivity contribution in [3.8, 4) is 0 Å². The molecule has 2 nitrogen and oxygen atoms in total. The van der Waals surface area contributed by atoms with Crippen molar-refractivity contribution in [1.29, 1.82) is 0 Å². The van der Waals surface area contributed by atoms with Crippen LogP contribution in [0.1, 0.15) is 8.35 Å². The van der Waals surface area contributed by atoms with Crippen molar-refractivity contribution < 1.29 is 58.0 Å². The Morgan fingerprint density at radius 2 is 1.83 bits per heavy atom. The summed E-state index contributed by atoms with van der Waals surface area (Å²) in [7, 11) is 0. The Balaban J connectivity index is -0.0000000150. The van der Waals surface area contributed by atoms with Crippen LogP contribution in [-0.2, 0) is 21.9 Å². The molecular weight excluding hydrogens is 134 g/mol. The van der Waals surface area contributed by atoms with Gasteiger partial charge in [0.15, 0.2) is 0 Å². The summed E-state index contributed by atoms with van der Waals surface area (Å²) in [6.45, 7) is 1.08. The molecule has 0 heterocycles. The van der Waals surface area contributed by atoms with Gasteiger partial charge in [0.05, 0.1) is 0 Å². The SMILES string of the molecule is CC(=O)O.[H-].[Mn].[Na+]. The van der Waals surface area contributed by atoms with Crippen LogP contribution in [0.15, 0.2) is 0 Å². The van der Waals surface area contributed by atoms with Crippen LogP contribution in [-0.4, -0.2) is 11.1 Å². The Morgan fingerprint density at radius 3 is 1.83 bits per heavy atom. The average molecular weight is 139 g/mol. The van der Waals surface area contributed by atoms with E-state index in [4.69, 9.17) is 9.90 Å². The summed E-state index contributed by atoms with van der Waals surface area (Å²) in [4.78, 5) is 9.00. The largest absolute Gasteiger partial charge is 1.00 e. The molecule has 0 rings (SSSR count). The van der Waals surface area contributed by atoms with Gasteiger partial charge in [-0.15, -0.1) is 0 Å². The first-order valence-corrected chi connectivity index (χ1v) is 0.928. The molecule has 33 valence electrons. The van der Waals surface area contributed by atoms with E-state index in [9.17, 15) is 0 Å². The van der Waals surface area contributed by atoms with Crippen LogP contribution in [0.4, 0.5) is 0 Å². The Morgan fingerprint density at radius 1 is 1.83 bits per heavy atom. The summed E-state index contributed by atoms with van der Waals surface area (Å²) in [6, 6.07) is 0. The Bertz CT molecular complexity index is 38.7. The first-order chi connectivity index (χ1) is 1.73. The van der Waals surface area contributed by atoms with Gasteiger partial charge in [-0.2, -0.15) is 0 Å². The standard InChI is InChI=1S/C2H4O2.Mn.Na.H/c1-2(3)4;;;/h1H3,(H,3,4);;;/q;;+1;-1. The molecule has 0 saturated heterocycles. The van der Waals surface area contributed by atoms with Gasteiger partial charge >= 0.3 is 29.6 Å². The number of aliphatic carboxylic acids is 1. The predicted molar refractivity (Wildman–Crippen MR) is 14.4 cm³/mol. The monoisotopic (exact) mass is 139 g/mol. The zero-order valence-electron chi connectivity index (χ0n) is 4.73. The maximum Gasteiger partial charge on any atom is 1.00 e. The van der Waals surface area contributed by atoms with E-state index in [0.29, 0.717) is 0 Å². The van der Waals surface area contributed by atoms with Crippen LogP contribution in [0.3, 0.4) is 0 Å². The van der Waals surface area contributed by atoms with Crippen LogP contribution in [0.25, 0.3) is 0 Å². The minimum atomic E-state index is -0.833. The minimum Gasteiger partial charge on any atom is -1.00 e. The zero-order valence-corrected chi connectivity index (χ0v) is 6.91. The normalized spacial score (nSPS) is 4.17. The first kappa shape index (κ1) is 15.8. The van der Waals surface area contributed by atoms with E-state index in [-0.39, 0.29) is 48.1 Å². The molecule has 0 atom stereocenters. The van der Waals surface area contributed by atoms with Gasteiger partial charge in [-0.3, -0.25) is 4.79 Å². The Kier molecular flexibility index (Phi) is 24.6. The van der Waals surface area contributed by atoms with Gasteiger partial charge in [0.25, 0.3) is 5.97 Å². The van der Waals surface area contributed by atoms with Gasteiger partial charge < -0.3 is 6.53 Å². The molecule has 0 aliphatic heterocycles. The van der Waals surface area contributed by atoms with Crippen molar-refractivity contribution in [2.24, 2.45) is 0 Å². The van der Waals surface area contributed by atoms with Gasteiger partial charge in [-0.1, -0.05) is 0 Å². The smallest absolute Gasteiger partial charge is 1.00 e. The van der Waals surface area contributed by atoms with Crippen molar-refractivity contribution in [3.63, 3.8) is 0 Å². The second kappa shape index (κ2) is 9.37. The molecular formula is C2H5MnNaO2. The predicted octanol–water partition coefficient (Wildman–Crippen LogP) is -2.80. The van der Waals surface area contributed by atoms with Crippen molar-refractivity contribution in [1.82, 2.24) is 0 Å². The molecule has 1 N–H and O–H groups in total. The van der Waals surface area contributed by atoms with E-state index in [1.807, 2.05) is 0 Å². The third kappa shape index (κ3) is 81.1. The fourth-order valence-corrected chi connectivity index (χ4v) is 0. The molecule has 0 bridgehead atoms. The van der Waals surface area contributed by atoms with Crippen molar-refractivity contribution in [3.05, 3.63) is 0 Å². The second-order valence-corrected chi connectivity index (χ2v) is 0.519. The van der Waals surface area contributed by atoms with E-state index < -0.39 is 5.97 Å². The zero-order chi connectivity index (χ0) is 3.58. The maximum atomic E-state index is 9.00. The average Bonchev–Trinajstić information content (AvgIpc) is 0.811. The molecule has 0 aromatic heterocycles. The third-order valence-electron chi connectivity index (χ3n) is 0. The molecule has 0 aliphatic carbocycles. The molecule has 0 aromatic rings. The summed E-state index contributed by atoms with van der Waals surface area (Å²) in [5.41, 5.74) is 0. The van der Waals surface area contributed by atoms with Crippen molar-refractivity contribution in [2.75, 3.05) is 0 Å². The van der Waals surface area contributed by atoms with Gasteiger partial charge in [-0.05, 0) is 0 Å². The van der Waals surface area contributed by atoms with E-state index in [1.165, 1.54) is 0 Å². The van der Waals surface area contributed by atoms with Gasteiger partial charge in [0, 0.05) is 24.0 Å². The second-order valence-electron chi connectivity index (χ2n) is 0.519. The molecule has 1 radical (unpaired) electrons. The first-order valence-electron chi connectivity index (χ1n) is 0.928. The van der Waals surface area contributed by atoms with Crippen LogP contribution < -0.4 is 29.6 Å². The van der Waals surface area contributed by atoms with Crippen LogP contribution in [0.5, 0.6) is 0 Å². The number of carboxylic acids is 1. The maximum absolute atomic E-state index is 9.00. The number of rotatable bonds is 0. The third-order valence-corrected chi connectivity index (χ3v) is 0. The Labute approximate surface area is 70.6 Å². The summed E-state index contributed by atoms with van der Waals surface area (Å²) in [6.07, 6.45) is 0. The van der Waals surface area contributed by atoms with Crippen molar-refractivity contribution in [2.45, 2.75) is 6.92 Å². The molecule has 0 spiro atoms. The summed E-state index contributed by atoms with van der Waals surface area (Å²) in [5.74, 6) is -0.833. The molecule has 0 fully saturated rings. The van der Waals surface area contributed by atoms with Gasteiger partial charge in [0.2, 0.25) is 0 Å². The fraction of sp³-hybridized carbons (Fsp3) is 0.500. The number of hydrogen-bond acceptors (Lipinski definition) is 1. The van der Waals surface area contributed by atoms with Crippen LogP contribution >= 0.6 is 0 Å². The minimum absolute atomic E-state index is 0. The summed E-state index contributed by atoms with van der Waals surface area (Å²) >= 11 is 0. The van der Waals surface area contributed by atoms with Gasteiger partial charge in [0.1, 0.15) is 0 Å². The van der Waals surface area contributed by atoms with E-state index in [0.717, 1.165) is 6.92 Å². The van der Waals surface area contributed by atoms with Crippen molar-refractivity contribution >= 4 is 5.97 Å². The van der Waals surface area contributed by atoms with E-state index in [2.05, 4.69) is 0 Å². The molecule has 0 amide bonds. The van der Waals surface area contributed by atoms with Crippen LogP contribution in [0.2, 0.25) is 0 Å². The Hall–Kier alpha value is 0.989. The molecule has 6 heavy (non-hydrogen) atoms. The molecule has 0 saturated carbocycles. The number of hydrogen-bond donors (Lipinski definition) is 1. The number of carboxylic acid groups (broad SMARTS) is 1. The summed E-state index contributed by atoms with van der Waals surface area (Å²) in [5, 5.41) is 7.42. The van der Waals surface area contributed by atoms with E-state index in [1.54, 1.807) is 0 Å². The fourth-order valence-electron chi connectivity index (χ4n) is 0. The molecule has 0 aliphatic rings.